The number of thioether (sulfide) groups is 1. The highest BCUT2D eigenvalue weighted by molar-refractivity contribution is 8.00. The van der Waals surface area contributed by atoms with Gasteiger partial charge in [-0.15, -0.1) is 0 Å². The topological polar surface area (TPSA) is 76.5 Å². The van der Waals surface area contributed by atoms with Crippen LogP contribution in [0.25, 0.3) is 21.7 Å². The minimum Gasteiger partial charge on any atom is -0.378 e. The smallest absolute Gasteiger partial charge is 0.262 e. The Hall–Kier alpha value is -2.42. The first kappa shape index (κ1) is 22.4. The van der Waals surface area contributed by atoms with Crippen LogP contribution in [0.5, 0.6) is 0 Å². The highest BCUT2D eigenvalue weighted by atomic mass is 32.2. The molecule has 2 aliphatic rings. The van der Waals surface area contributed by atoms with Crippen molar-refractivity contribution in [2.45, 2.75) is 36.7 Å². The van der Waals surface area contributed by atoms with Crippen LogP contribution in [0, 0.1) is 5.92 Å². The molecule has 1 unspecified atom stereocenters. The van der Waals surface area contributed by atoms with E-state index in [2.05, 4.69) is 5.32 Å². The van der Waals surface area contributed by atoms with E-state index in [1.807, 2.05) is 48.2 Å². The molecule has 0 spiro atoms. The zero-order valence-corrected chi connectivity index (χ0v) is 19.8. The maximum Gasteiger partial charge on any atom is 0.262 e. The standard InChI is InChI=1S/C25H30N4O3S/c1-2-29-23(30)20-15-18-5-3-4-6-19(18)16-21(20)27-25(29)33-22(17-7-9-26-10-8-17)24(31)28-11-13-32-14-12-28/h3-6,15-17,22,26H,2,7-14H2,1H3. The second-order valence-corrected chi connectivity index (χ2v) is 9.83. The van der Waals surface area contributed by atoms with E-state index in [-0.39, 0.29) is 22.6 Å². The molecule has 0 saturated carbocycles. The lowest BCUT2D eigenvalue weighted by Gasteiger charge is -2.35. The molecule has 1 amide bonds. The van der Waals surface area contributed by atoms with Crippen molar-refractivity contribution in [3.8, 4) is 0 Å². The third kappa shape index (κ3) is 4.52. The van der Waals surface area contributed by atoms with Gasteiger partial charge in [0.1, 0.15) is 0 Å². The van der Waals surface area contributed by atoms with Gasteiger partial charge in [0, 0.05) is 19.6 Å². The fourth-order valence-corrected chi connectivity index (χ4v) is 6.26. The molecule has 7 nitrogen and oxygen atoms in total. The molecule has 8 heteroatoms. The van der Waals surface area contributed by atoms with Crippen LogP contribution in [0.3, 0.4) is 0 Å². The third-order valence-electron chi connectivity index (χ3n) is 6.71. The summed E-state index contributed by atoms with van der Waals surface area (Å²) in [5.41, 5.74) is 0.646. The van der Waals surface area contributed by atoms with Gasteiger partial charge in [-0.05, 0) is 61.7 Å². The normalized spacial score (nSPS) is 18.6. The number of benzene rings is 2. The number of ether oxygens (including phenoxy) is 1. The van der Waals surface area contributed by atoms with Gasteiger partial charge < -0.3 is 15.0 Å². The molecule has 2 aliphatic heterocycles. The first-order valence-electron chi connectivity index (χ1n) is 11.8. The van der Waals surface area contributed by atoms with Crippen molar-refractivity contribution in [2.24, 2.45) is 5.92 Å². The number of carbonyl (C=O) groups is 1. The van der Waals surface area contributed by atoms with E-state index >= 15 is 0 Å². The highest BCUT2D eigenvalue weighted by Crippen LogP contribution is 2.34. The molecule has 2 fully saturated rings. The summed E-state index contributed by atoms with van der Waals surface area (Å²) in [6.07, 6.45) is 1.89. The summed E-state index contributed by atoms with van der Waals surface area (Å²) < 4.78 is 7.19. The van der Waals surface area contributed by atoms with E-state index in [4.69, 9.17) is 9.72 Å². The van der Waals surface area contributed by atoms with Crippen LogP contribution < -0.4 is 10.9 Å². The molecule has 33 heavy (non-hydrogen) atoms. The summed E-state index contributed by atoms with van der Waals surface area (Å²) in [5, 5.41) is 6.49. The Morgan fingerprint density at radius 1 is 1.18 bits per heavy atom. The second-order valence-electron chi connectivity index (χ2n) is 8.72. The fraction of sp³-hybridized carbons (Fsp3) is 0.480. The number of amides is 1. The zero-order valence-electron chi connectivity index (χ0n) is 19.0. The van der Waals surface area contributed by atoms with Crippen LogP contribution >= 0.6 is 11.8 Å². The van der Waals surface area contributed by atoms with E-state index in [0.717, 1.165) is 36.7 Å². The fourth-order valence-electron chi connectivity index (χ4n) is 4.83. The minimum atomic E-state index is -0.257. The lowest BCUT2D eigenvalue weighted by Crippen LogP contribution is -2.48. The summed E-state index contributed by atoms with van der Waals surface area (Å²) in [6.45, 7) is 6.71. The van der Waals surface area contributed by atoms with Crippen LogP contribution in [0.4, 0.5) is 0 Å². The van der Waals surface area contributed by atoms with Gasteiger partial charge in [-0.2, -0.15) is 0 Å². The molecule has 2 aromatic carbocycles. The molecular weight excluding hydrogens is 436 g/mol. The molecule has 1 aromatic heterocycles. The molecular formula is C25H30N4O3S. The van der Waals surface area contributed by atoms with E-state index in [1.165, 1.54) is 11.8 Å². The second kappa shape index (κ2) is 9.83. The number of aromatic nitrogens is 2. The van der Waals surface area contributed by atoms with E-state index in [1.54, 1.807) is 4.57 Å². The predicted octanol–water partition coefficient (Wildman–Crippen LogP) is 2.89. The van der Waals surface area contributed by atoms with Gasteiger partial charge in [0.25, 0.3) is 5.56 Å². The summed E-state index contributed by atoms with van der Waals surface area (Å²) in [5.74, 6) is 0.395. The quantitative estimate of drug-likeness (QED) is 0.354. The summed E-state index contributed by atoms with van der Waals surface area (Å²) in [4.78, 5) is 33.9. The van der Waals surface area contributed by atoms with Crippen molar-refractivity contribution in [3.05, 3.63) is 46.8 Å². The lowest BCUT2D eigenvalue weighted by molar-refractivity contribution is -0.135. The van der Waals surface area contributed by atoms with Gasteiger partial charge in [-0.25, -0.2) is 4.98 Å². The van der Waals surface area contributed by atoms with Crippen molar-refractivity contribution >= 4 is 39.3 Å². The van der Waals surface area contributed by atoms with Crippen molar-refractivity contribution in [1.82, 2.24) is 19.8 Å². The average Bonchev–Trinajstić information content (AvgIpc) is 2.87. The number of morpholine rings is 1. The molecule has 0 bridgehead atoms. The molecule has 1 atom stereocenters. The molecule has 5 rings (SSSR count). The van der Waals surface area contributed by atoms with Gasteiger partial charge >= 0.3 is 0 Å². The number of nitrogens with zero attached hydrogens (tertiary/aromatic N) is 3. The summed E-state index contributed by atoms with van der Waals surface area (Å²) >= 11 is 1.47. The average molecular weight is 467 g/mol. The Morgan fingerprint density at radius 2 is 1.88 bits per heavy atom. The van der Waals surface area contributed by atoms with Gasteiger partial charge in [-0.1, -0.05) is 36.0 Å². The van der Waals surface area contributed by atoms with Gasteiger partial charge in [0.2, 0.25) is 5.91 Å². The molecule has 0 radical (unpaired) electrons. The van der Waals surface area contributed by atoms with Crippen molar-refractivity contribution in [3.63, 3.8) is 0 Å². The first-order valence-corrected chi connectivity index (χ1v) is 12.7. The number of fused-ring (bicyclic) bond motifs is 2. The lowest BCUT2D eigenvalue weighted by atomic mass is 9.93. The molecule has 3 aromatic rings. The minimum absolute atomic E-state index is 0.0429. The predicted molar refractivity (Wildman–Crippen MR) is 132 cm³/mol. The van der Waals surface area contributed by atoms with E-state index < -0.39 is 0 Å². The molecule has 2 saturated heterocycles. The third-order valence-corrected chi connectivity index (χ3v) is 8.08. The monoisotopic (exact) mass is 466 g/mol. The molecule has 3 heterocycles. The molecule has 174 valence electrons. The number of rotatable bonds is 5. The van der Waals surface area contributed by atoms with Crippen LogP contribution in [-0.4, -0.2) is 65.0 Å². The van der Waals surface area contributed by atoms with Crippen molar-refractivity contribution in [2.75, 3.05) is 39.4 Å². The Balaban J connectivity index is 1.56. The van der Waals surface area contributed by atoms with Crippen molar-refractivity contribution in [1.29, 1.82) is 0 Å². The van der Waals surface area contributed by atoms with Crippen LogP contribution in [0.15, 0.2) is 46.3 Å². The Morgan fingerprint density at radius 3 is 2.58 bits per heavy atom. The molecule has 0 aliphatic carbocycles. The van der Waals surface area contributed by atoms with Crippen LogP contribution in [0.2, 0.25) is 0 Å². The number of hydrogen-bond donors (Lipinski definition) is 1. The maximum absolute atomic E-state index is 13.6. The van der Waals surface area contributed by atoms with Gasteiger partial charge in [-0.3, -0.25) is 14.2 Å². The first-order chi connectivity index (χ1) is 16.2. The Labute approximate surface area is 197 Å². The highest BCUT2D eigenvalue weighted by Gasteiger charge is 2.35. The van der Waals surface area contributed by atoms with Crippen LogP contribution in [-0.2, 0) is 16.1 Å². The number of carbonyl (C=O) groups excluding carboxylic acids is 1. The number of nitrogens with one attached hydrogen (secondary N) is 1. The maximum atomic E-state index is 13.6. The Bertz CT molecular complexity index is 1220. The SMILES string of the molecule is CCn1c(SC(C(=O)N2CCOCC2)C2CCNCC2)nc2cc3ccccc3cc2c1=O. The molecule has 1 N–H and O–H groups in total. The van der Waals surface area contributed by atoms with Crippen molar-refractivity contribution < 1.29 is 9.53 Å². The van der Waals surface area contributed by atoms with E-state index in [0.29, 0.717) is 48.9 Å². The van der Waals surface area contributed by atoms with Crippen LogP contribution in [0.1, 0.15) is 19.8 Å². The summed E-state index contributed by atoms with van der Waals surface area (Å²) in [7, 11) is 0. The van der Waals surface area contributed by atoms with Gasteiger partial charge in [0.15, 0.2) is 5.16 Å². The number of piperidine rings is 1. The summed E-state index contributed by atoms with van der Waals surface area (Å²) in [6, 6.07) is 11.9. The number of hydrogen-bond acceptors (Lipinski definition) is 6. The van der Waals surface area contributed by atoms with Gasteiger partial charge in [0.05, 0.1) is 29.4 Å². The Kier molecular flexibility index (Phi) is 6.66. The van der Waals surface area contributed by atoms with E-state index in [9.17, 15) is 9.59 Å². The largest absolute Gasteiger partial charge is 0.378 e. The zero-order chi connectivity index (χ0) is 22.8.